The molecule has 2 aromatic rings. The molecule has 2 aromatic carbocycles. The van der Waals surface area contributed by atoms with Crippen molar-refractivity contribution in [2.45, 2.75) is 38.2 Å². The molecule has 0 spiro atoms. The largest absolute Gasteiger partial charge is 0.145 e. The zero-order valence-corrected chi connectivity index (χ0v) is 18.1. The molecule has 0 N–H and O–H groups in total. The Balaban J connectivity index is 2.28. The van der Waals surface area contributed by atoms with Gasteiger partial charge in [-0.25, -0.2) is 0 Å². The van der Waals surface area contributed by atoms with Crippen LogP contribution in [-0.4, -0.2) is 0 Å². The first-order valence-corrected chi connectivity index (χ1v) is 10.6. The molecule has 3 heteroatoms. The second kappa shape index (κ2) is 8.73. The summed E-state index contributed by atoms with van der Waals surface area (Å²) in [6, 6.07) is 17.6. The van der Waals surface area contributed by atoms with Crippen molar-refractivity contribution >= 4 is 43.6 Å². The Morgan fingerprint density at radius 3 is 1.17 bits per heavy atom. The van der Waals surface area contributed by atoms with Crippen molar-refractivity contribution in [1.29, 1.82) is 0 Å². The molecule has 0 saturated heterocycles. The number of halogens is 2. The van der Waals surface area contributed by atoms with Gasteiger partial charge in [-0.15, -0.1) is 11.8 Å². The fourth-order valence-electron chi connectivity index (χ4n) is 2.70. The highest BCUT2D eigenvalue weighted by Crippen LogP contribution is 2.48. The monoisotopic (exact) mass is 454 g/mol. The van der Waals surface area contributed by atoms with E-state index in [2.05, 4.69) is 120 Å². The molecule has 2 rings (SSSR count). The van der Waals surface area contributed by atoms with Gasteiger partial charge in [-0.3, -0.25) is 0 Å². The quantitative estimate of drug-likeness (QED) is 0.424. The average Bonchev–Trinajstić information content (AvgIpc) is 2.50. The molecule has 0 nitrogen and oxygen atoms in total. The number of benzene rings is 2. The molecule has 2 unspecified atom stereocenters. The van der Waals surface area contributed by atoms with E-state index in [0.717, 1.165) is 8.95 Å². The second-order valence-electron chi connectivity index (χ2n) is 6.57. The van der Waals surface area contributed by atoms with Gasteiger partial charge in [0.15, 0.2) is 0 Å². The van der Waals surface area contributed by atoms with Gasteiger partial charge in [0.25, 0.3) is 0 Å². The number of hydrogen-bond acceptors (Lipinski definition) is 1. The fraction of sp³-hybridized carbons (Fsp3) is 0.400. The van der Waals surface area contributed by atoms with E-state index in [1.54, 1.807) is 0 Å². The van der Waals surface area contributed by atoms with Crippen molar-refractivity contribution in [3.05, 3.63) is 68.6 Å². The van der Waals surface area contributed by atoms with Gasteiger partial charge >= 0.3 is 0 Å². The molecular weight excluding hydrogens is 432 g/mol. The Morgan fingerprint density at radius 2 is 0.913 bits per heavy atom. The minimum atomic E-state index is 0.499. The highest BCUT2D eigenvalue weighted by Gasteiger charge is 2.25. The zero-order valence-electron chi connectivity index (χ0n) is 14.1. The van der Waals surface area contributed by atoms with Crippen molar-refractivity contribution in [2.24, 2.45) is 11.8 Å². The molecule has 0 bridgehead atoms. The molecule has 23 heavy (non-hydrogen) atoms. The van der Waals surface area contributed by atoms with Crippen LogP contribution in [0, 0.1) is 11.8 Å². The van der Waals surface area contributed by atoms with Crippen molar-refractivity contribution in [3.63, 3.8) is 0 Å². The summed E-state index contributed by atoms with van der Waals surface area (Å²) in [5, 5.41) is 0.998. The van der Waals surface area contributed by atoms with E-state index in [0.29, 0.717) is 22.3 Å². The summed E-state index contributed by atoms with van der Waals surface area (Å²) in [6.45, 7) is 9.27. The van der Waals surface area contributed by atoms with E-state index in [1.807, 2.05) is 0 Å². The number of thioether (sulfide) groups is 1. The van der Waals surface area contributed by atoms with E-state index in [1.165, 1.54) is 11.1 Å². The maximum Gasteiger partial charge on any atom is 0.0326 e. The Kier molecular flexibility index (Phi) is 7.24. The normalized spacial score (nSPS) is 14.3. The number of hydrogen-bond donors (Lipinski definition) is 0. The van der Waals surface area contributed by atoms with E-state index < -0.39 is 0 Å². The van der Waals surface area contributed by atoms with Crippen LogP contribution >= 0.6 is 43.6 Å². The molecule has 124 valence electrons. The topological polar surface area (TPSA) is 0 Å². The predicted molar refractivity (Wildman–Crippen MR) is 111 cm³/mol. The maximum absolute atomic E-state index is 3.54. The van der Waals surface area contributed by atoms with Crippen LogP contribution in [-0.2, 0) is 0 Å². The molecule has 0 heterocycles. The molecule has 0 radical (unpaired) electrons. The second-order valence-corrected chi connectivity index (χ2v) is 9.69. The van der Waals surface area contributed by atoms with E-state index >= 15 is 0 Å². The minimum Gasteiger partial charge on any atom is -0.145 e. The Bertz CT molecular complexity index is 547. The van der Waals surface area contributed by atoms with Crippen LogP contribution < -0.4 is 0 Å². The van der Waals surface area contributed by atoms with Gasteiger partial charge in [0, 0.05) is 19.4 Å². The summed E-state index contributed by atoms with van der Waals surface area (Å²) in [4.78, 5) is 0. The van der Waals surface area contributed by atoms with E-state index in [9.17, 15) is 0 Å². The smallest absolute Gasteiger partial charge is 0.0326 e. The summed E-state index contributed by atoms with van der Waals surface area (Å²) >= 11 is 9.17. The van der Waals surface area contributed by atoms with Gasteiger partial charge in [0.2, 0.25) is 0 Å². The third kappa shape index (κ3) is 5.37. The summed E-state index contributed by atoms with van der Waals surface area (Å²) in [7, 11) is 0. The van der Waals surface area contributed by atoms with Crippen LogP contribution in [0.2, 0.25) is 0 Å². The first kappa shape index (κ1) is 19.1. The Hall–Kier alpha value is -0.250. The minimum absolute atomic E-state index is 0.499. The van der Waals surface area contributed by atoms with E-state index in [4.69, 9.17) is 0 Å². The van der Waals surface area contributed by atoms with Crippen LogP contribution in [0.1, 0.15) is 49.3 Å². The Labute approximate surface area is 161 Å². The maximum atomic E-state index is 3.54. The molecule has 2 atom stereocenters. The lowest BCUT2D eigenvalue weighted by atomic mass is 10.0. The SMILES string of the molecule is CC(C)C(SC(c1ccc(Br)cc1)C(C)C)c1ccc(Br)cc1. The zero-order chi connectivity index (χ0) is 17.0. The van der Waals surface area contributed by atoms with Gasteiger partial charge in [-0.1, -0.05) is 83.8 Å². The third-order valence-electron chi connectivity index (χ3n) is 3.90. The van der Waals surface area contributed by atoms with Gasteiger partial charge in [-0.05, 0) is 47.2 Å². The summed E-state index contributed by atoms with van der Waals surface area (Å²) in [5.74, 6) is 1.19. The third-order valence-corrected chi connectivity index (χ3v) is 7.18. The highest BCUT2D eigenvalue weighted by atomic mass is 79.9. The van der Waals surface area contributed by atoms with E-state index in [-0.39, 0.29) is 0 Å². The van der Waals surface area contributed by atoms with Crippen molar-refractivity contribution in [2.75, 3.05) is 0 Å². The molecule has 0 amide bonds. The summed E-state index contributed by atoms with van der Waals surface area (Å²) in [6.07, 6.45) is 0. The Morgan fingerprint density at radius 1 is 0.609 bits per heavy atom. The van der Waals surface area contributed by atoms with Crippen molar-refractivity contribution in [1.82, 2.24) is 0 Å². The van der Waals surface area contributed by atoms with Gasteiger partial charge in [0.1, 0.15) is 0 Å². The standard InChI is InChI=1S/C20H24Br2S/c1-13(2)19(15-5-9-17(21)10-6-15)23-20(14(3)4)16-7-11-18(22)12-8-16/h5-14,19-20H,1-4H3. The molecule has 0 aliphatic rings. The van der Waals surface area contributed by atoms with Crippen LogP contribution in [0.5, 0.6) is 0 Å². The van der Waals surface area contributed by atoms with Gasteiger partial charge < -0.3 is 0 Å². The van der Waals surface area contributed by atoms with Crippen molar-refractivity contribution < 1.29 is 0 Å². The lowest BCUT2D eigenvalue weighted by Crippen LogP contribution is -2.10. The molecule has 0 aliphatic carbocycles. The van der Waals surface area contributed by atoms with Gasteiger partial charge in [0.05, 0.1) is 0 Å². The number of rotatable bonds is 6. The first-order chi connectivity index (χ1) is 10.9. The van der Waals surface area contributed by atoms with Crippen LogP contribution in [0.3, 0.4) is 0 Å². The summed E-state index contributed by atoms with van der Waals surface area (Å²) < 4.78 is 2.28. The molecular formula is C20H24Br2S. The first-order valence-electron chi connectivity index (χ1n) is 8.05. The van der Waals surface area contributed by atoms with Crippen LogP contribution in [0.25, 0.3) is 0 Å². The fourth-order valence-corrected chi connectivity index (χ4v) is 4.81. The molecule has 0 aromatic heterocycles. The molecule has 0 saturated carbocycles. The van der Waals surface area contributed by atoms with Gasteiger partial charge in [-0.2, -0.15) is 0 Å². The summed E-state index contributed by atoms with van der Waals surface area (Å²) in [5.41, 5.74) is 2.83. The molecule has 0 aliphatic heterocycles. The average molecular weight is 456 g/mol. The lowest BCUT2D eigenvalue weighted by molar-refractivity contribution is 0.600. The predicted octanol–water partition coefficient (Wildman–Crippen LogP) is 8.04. The van der Waals surface area contributed by atoms with Crippen molar-refractivity contribution in [3.8, 4) is 0 Å². The lowest BCUT2D eigenvalue weighted by Gasteiger charge is -2.29. The highest BCUT2D eigenvalue weighted by molar-refractivity contribution is 9.10. The molecule has 0 fully saturated rings. The van der Waals surface area contributed by atoms with Crippen LogP contribution in [0.15, 0.2) is 57.5 Å². The van der Waals surface area contributed by atoms with Crippen LogP contribution in [0.4, 0.5) is 0 Å².